The van der Waals surface area contributed by atoms with Crippen LogP contribution in [0.4, 0.5) is 0 Å². The molecule has 6 nitrogen and oxygen atoms in total. The lowest BCUT2D eigenvalue weighted by molar-refractivity contribution is -0.144. The van der Waals surface area contributed by atoms with E-state index in [1.54, 1.807) is 12.1 Å². The summed E-state index contributed by atoms with van der Waals surface area (Å²) in [6.07, 6.45) is 1.41. The molecule has 1 aromatic rings. The second kappa shape index (κ2) is 5.06. The molecule has 0 amide bonds. The number of sulfonamides is 1. The van der Waals surface area contributed by atoms with Crippen LogP contribution in [0.25, 0.3) is 0 Å². The number of nitrogens with one attached hydrogen (secondary N) is 1. The highest BCUT2D eigenvalue weighted by molar-refractivity contribution is 7.89. The van der Waals surface area contributed by atoms with Crippen molar-refractivity contribution in [3.05, 3.63) is 24.3 Å². The van der Waals surface area contributed by atoms with Crippen molar-refractivity contribution in [1.82, 2.24) is 4.72 Å². The second-order valence-electron chi connectivity index (χ2n) is 5.04. The summed E-state index contributed by atoms with van der Waals surface area (Å²) in [4.78, 5) is 11.3. The molecule has 0 aliphatic heterocycles. The number of benzene rings is 1. The van der Waals surface area contributed by atoms with Gasteiger partial charge in [0.15, 0.2) is 0 Å². The highest BCUT2D eigenvalue weighted by atomic mass is 32.2. The second-order valence-corrected chi connectivity index (χ2v) is 6.69. The van der Waals surface area contributed by atoms with E-state index >= 15 is 0 Å². The van der Waals surface area contributed by atoms with Crippen molar-refractivity contribution in [1.29, 1.82) is 0 Å². The SMILES string of the molecule is COc1ccccc1S(=O)(=O)NC(C)(C(=O)O)C1CC1. The molecule has 2 N–H and O–H groups in total. The van der Waals surface area contributed by atoms with Gasteiger partial charge in [-0.3, -0.25) is 4.79 Å². The van der Waals surface area contributed by atoms with Crippen LogP contribution in [-0.2, 0) is 14.8 Å². The quantitative estimate of drug-likeness (QED) is 0.824. The van der Waals surface area contributed by atoms with E-state index in [1.807, 2.05) is 0 Å². The Labute approximate surface area is 117 Å². The average Bonchev–Trinajstić information content (AvgIpc) is 3.22. The largest absolute Gasteiger partial charge is 0.495 e. The van der Waals surface area contributed by atoms with E-state index in [0.29, 0.717) is 12.8 Å². The van der Waals surface area contributed by atoms with Gasteiger partial charge in [-0.2, -0.15) is 4.72 Å². The molecule has 110 valence electrons. The van der Waals surface area contributed by atoms with Crippen LogP contribution in [0.1, 0.15) is 19.8 Å². The van der Waals surface area contributed by atoms with E-state index in [-0.39, 0.29) is 16.6 Å². The van der Waals surface area contributed by atoms with Gasteiger partial charge in [0.1, 0.15) is 16.2 Å². The Morgan fingerprint density at radius 1 is 1.40 bits per heavy atom. The van der Waals surface area contributed by atoms with E-state index in [0.717, 1.165) is 0 Å². The first-order chi connectivity index (χ1) is 9.31. The van der Waals surface area contributed by atoms with Crippen LogP contribution in [0.2, 0.25) is 0 Å². The van der Waals surface area contributed by atoms with Crippen molar-refractivity contribution in [2.75, 3.05) is 7.11 Å². The normalized spacial score (nSPS) is 18.3. The van der Waals surface area contributed by atoms with Crippen LogP contribution in [-0.4, -0.2) is 32.1 Å². The highest BCUT2D eigenvalue weighted by Gasteiger charge is 2.50. The van der Waals surface area contributed by atoms with Crippen molar-refractivity contribution in [2.45, 2.75) is 30.2 Å². The molecule has 0 radical (unpaired) electrons. The fraction of sp³-hybridized carbons (Fsp3) is 0.462. The lowest BCUT2D eigenvalue weighted by Crippen LogP contribution is -2.53. The molecule has 1 aliphatic rings. The standard InChI is InChI=1S/C13H17NO5S/c1-13(12(15)16,9-7-8-9)14-20(17,18)11-6-4-3-5-10(11)19-2/h3-6,9,14H,7-8H2,1-2H3,(H,15,16). The van der Waals surface area contributed by atoms with Gasteiger partial charge in [0.2, 0.25) is 10.0 Å². The Hall–Kier alpha value is -1.60. The molecule has 1 aliphatic carbocycles. The molecule has 1 atom stereocenters. The molecule has 0 spiro atoms. The summed E-state index contributed by atoms with van der Waals surface area (Å²) >= 11 is 0. The first-order valence-electron chi connectivity index (χ1n) is 6.21. The van der Waals surface area contributed by atoms with Gasteiger partial charge in [-0.1, -0.05) is 12.1 Å². The number of hydrogen-bond donors (Lipinski definition) is 2. The van der Waals surface area contributed by atoms with Gasteiger partial charge in [-0.25, -0.2) is 8.42 Å². The van der Waals surface area contributed by atoms with Crippen molar-refractivity contribution >= 4 is 16.0 Å². The predicted molar refractivity (Wildman–Crippen MR) is 72.1 cm³/mol. The molecule has 0 bridgehead atoms. The number of methoxy groups -OCH3 is 1. The Morgan fingerprint density at radius 3 is 2.50 bits per heavy atom. The monoisotopic (exact) mass is 299 g/mol. The number of hydrogen-bond acceptors (Lipinski definition) is 4. The maximum Gasteiger partial charge on any atom is 0.324 e. The fourth-order valence-electron chi connectivity index (χ4n) is 2.14. The minimum Gasteiger partial charge on any atom is -0.495 e. The van der Waals surface area contributed by atoms with Crippen LogP contribution < -0.4 is 9.46 Å². The van der Waals surface area contributed by atoms with Crippen LogP contribution in [0.3, 0.4) is 0 Å². The number of para-hydroxylation sites is 1. The third-order valence-corrected chi connectivity index (χ3v) is 5.15. The maximum absolute atomic E-state index is 12.4. The number of carboxylic acid groups (broad SMARTS) is 1. The first-order valence-corrected chi connectivity index (χ1v) is 7.70. The Morgan fingerprint density at radius 2 is 2.00 bits per heavy atom. The number of carbonyl (C=O) groups is 1. The topological polar surface area (TPSA) is 92.7 Å². The Balaban J connectivity index is 2.38. The van der Waals surface area contributed by atoms with Crippen molar-refractivity contribution in [3.8, 4) is 5.75 Å². The minimum atomic E-state index is -3.97. The zero-order chi connectivity index (χ0) is 15.0. The lowest BCUT2D eigenvalue weighted by Gasteiger charge is -2.26. The fourth-order valence-corrected chi connectivity index (χ4v) is 3.73. The molecule has 1 aromatic carbocycles. The highest BCUT2D eigenvalue weighted by Crippen LogP contribution is 2.40. The predicted octanol–water partition coefficient (Wildman–Crippen LogP) is 1.23. The molecule has 2 rings (SSSR count). The van der Waals surface area contributed by atoms with E-state index in [9.17, 15) is 18.3 Å². The number of rotatable bonds is 6. The zero-order valence-electron chi connectivity index (χ0n) is 11.3. The molecular weight excluding hydrogens is 282 g/mol. The van der Waals surface area contributed by atoms with E-state index in [1.165, 1.54) is 26.2 Å². The van der Waals surface area contributed by atoms with Gasteiger partial charge in [-0.05, 0) is 37.8 Å². The molecule has 0 heterocycles. The summed E-state index contributed by atoms with van der Waals surface area (Å²) in [7, 11) is -2.60. The van der Waals surface area contributed by atoms with Gasteiger partial charge in [-0.15, -0.1) is 0 Å². The molecule has 0 saturated heterocycles. The summed E-state index contributed by atoms with van der Waals surface area (Å²) in [5, 5.41) is 9.32. The van der Waals surface area contributed by atoms with Crippen LogP contribution in [0.5, 0.6) is 5.75 Å². The molecule has 7 heteroatoms. The zero-order valence-corrected chi connectivity index (χ0v) is 12.1. The van der Waals surface area contributed by atoms with Crippen molar-refractivity contribution < 1.29 is 23.1 Å². The van der Waals surface area contributed by atoms with E-state index < -0.39 is 21.5 Å². The summed E-state index contributed by atoms with van der Waals surface area (Å²) in [6, 6.07) is 6.11. The average molecular weight is 299 g/mol. The van der Waals surface area contributed by atoms with Crippen LogP contribution >= 0.6 is 0 Å². The smallest absolute Gasteiger partial charge is 0.324 e. The lowest BCUT2D eigenvalue weighted by atomic mass is 9.98. The van der Waals surface area contributed by atoms with E-state index in [4.69, 9.17) is 4.74 Å². The van der Waals surface area contributed by atoms with Gasteiger partial charge in [0.25, 0.3) is 0 Å². The summed E-state index contributed by atoms with van der Waals surface area (Å²) in [5.41, 5.74) is -1.49. The third-order valence-electron chi connectivity index (χ3n) is 3.54. The van der Waals surface area contributed by atoms with Gasteiger partial charge in [0, 0.05) is 0 Å². The summed E-state index contributed by atoms with van der Waals surface area (Å²) in [6.45, 7) is 1.40. The van der Waals surface area contributed by atoms with Gasteiger partial charge in [0.05, 0.1) is 7.11 Å². The van der Waals surface area contributed by atoms with Crippen LogP contribution in [0.15, 0.2) is 29.2 Å². The van der Waals surface area contributed by atoms with Crippen molar-refractivity contribution in [2.24, 2.45) is 5.92 Å². The first kappa shape index (κ1) is 14.8. The Bertz CT molecular complexity index is 623. The third kappa shape index (κ3) is 2.64. The summed E-state index contributed by atoms with van der Waals surface area (Å²) < 4.78 is 32.2. The molecule has 1 unspecified atom stereocenters. The number of aliphatic carboxylic acids is 1. The van der Waals surface area contributed by atoms with Gasteiger partial charge >= 0.3 is 5.97 Å². The molecule has 1 fully saturated rings. The number of carboxylic acids is 1. The van der Waals surface area contributed by atoms with Crippen LogP contribution in [0, 0.1) is 5.92 Å². The van der Waals surface area contributed by atoms with E-state index in [2.05, 4.69) is 4.72 Å². The molecule has 1 saturated carbocycles. The minimum absolute atomic E-state index is 0.0596. The Kier molecular flexibility index (Phi) is 3.75. The summed E-state index contributed by atoms with van der Waals surface area (Å²) in [5.74, 6) is -1.16. The number of ether oxygens (including phenoxy) is 1. The molecule has 20 heavy (non-hydrogen) atoms. The van der Waals surface area contributed by atoms with Gasteiger partial charge < -0.3 is 9.84 Å². The molecule has 0 aromatic heterocycles. The molecular formula is C13H17NO5S. The maximum atomic E-state index is 12.4. The van der Waals surface area contributed by atoms with Crippen molar-refractivity contribution in [3.63, 3.8) is 0 Å².